The van der Waals surface area contributed by atoms with Crippen LogP contribution in [-0.4, -0.2) is 78.4 Å². The molecule has 0 aliphatic carbocycles. The molecule has 3 aliphatic rings. The molecule has 0 aromatic rings. The van der Waals surface area contributed by atoms with Crippen molar-refractivity contribution in [1.29, 1.82) is 0 Å². The van der Waals surface area contributed by atoms with Crippen molar-refractivity contribution in [3.05, 3.63) is 0 Å². The van der Waals surface area contributed by atoms with E-state index in [1.165, 1.54) is 0 Å². The lowest BCUT2D eigenvalue weighted by atomic mass is 9.90. The maximum atomic E-state index is 12.6. The second kappa shape index (κ2) is 7.70. The number of rotatable bonds is 5. The first kappa shape index (κ1) is 17.5. The quantitative estimate of drug-likeness (QED) is 0.767. The number of aliphatic hydroxyl groups excluding tert-OH is 1. The van der Waals surface area contributed by atoms with Crippen molar-refractivity contribution in [2.45, 2.75) is 56.7 Å². The van der Waals surface area contributed by atoms with E-state index in [1.54, 1.807) is 7.11 Å². The fourth-order valence-electron chi connectivity index (χ4n) is 4.50. The van der Waals surface area contributed by atoms with Crippen molar-refractivity contribution in [2.75, 3.05) is 33.4 Å². The average Bonchev–Trinajstić information content (AvgIpc) is 3.18. The molecule has 3 rings (SSSR count). The van der Waals surface area contributed by atoms with Crippen LogP contribution in [0.25, 0.3) is 0 Å². The molecular formula is C17H29N3O4. The van der Waals surface area contributed by atoms with E-state index >= 15 is 0 Å². The van der Waals surface area contributed by atoms with Crippen molar-refractivity contribution in [1.82, 2.24) is 15.1 Å². The van der Waals surface area contributed by atoms with Crippen LogP contribution in [0.4, 0.5) is 4.79 Å². The van der Waals surface area contributed by atoms with Gasteiger partial charge in [-0.25, -0.2) is 4.79 Å². The molecule has 2 N–H and O–H groups in total. The number of methoxy groups -OCH3 is 1. The van der Waals surface area contributed by atoms with Gasteiger partial charge in [-0.15, -0.1) is 0 Å². The summed E-state index contributed by atoms with van der Waals surface area (Å²) in [7, 11) is 1.60. The molecule has 3 saturated heterocycles. The van der Waals surface area contributed by atoms with Gasteiger partial charge < -0.3 is 25.0 Å². The van der Waals surface area contributed by atoms with E-state index in [2.05, 4.69) is 5.32 Å². The maximum absolute atomic E-state index is 12.6. The van der Waals surface area contributed by atoms with Crippen molar-refractivity contribution < 1.29 is 19.4 Å². The van der Waals surface area contributed by atoms with Crippen LogP contribution in [-0.2, 0) is 9.53 Å². The molecule has 3 aliphatic heterocycles. The van der Waals surface area contributed by atoms with E-state index in [9.17, 15) is 14.7 Å². The van der Waals surface area contributed by atoms with Crippen LogP contribution in [0, 0.1) is 5.92 Å². The van der Waals surface area contributed by atoms with Crippen LogP contribution in [0.1, 0.15) is 38.5 Å². The number of carbonyl (C=O) groups excluding carboxylic acids is 2. The minimum Gasteiger partial charge on any atom is -0.396 e. The van der Waals surface area contributed by atoms with Gasteiger partial charge in [0.05, 0.1) is 13.0 Å². The molecule has 3 unspecified atom stereocenters. The van der Waals surface area contributed by atoms with Gasteiger partial charge in [-0.3, -0.25) is 4.79 Å². The molecule has 0 spiro atoms. The van der Waals surface area contributed by atoms with Gasteiger partial charge in [0, 0.05) is 50.8 Å². The lowest BCUT2D eigenvalue weighted by Gasteiger charge is -2.34. The number of likely N-dealkylation sites (tertiary alicyclic amines) is 1. The van der Waals surface area contributed by atoms with Crippen molar-refractivity contribution in [3.8, 4) is 0 Å². The largest absolute Gasteiger partial charge is 0.396 e. The number of piperidine rings is 1. The van der Waals surface area contributed by atoms with Gasteiger partial charge in [-0.1, -0.05) is 0 Å². The van der Waals surface area contributed by atoms with Gasteiger partial charge in [0.1, 0.15) is 0 Å². The summed E-state index contributed by atoms with van der Waals surface area (Å²) in [6.45, 7) is 2.02. The molecule has 3 heterocycles. The number of nitrogens with zero attached hydrogens (tertiary/aromatic N) is 2. The first-order valence-corrected chi connectivity index (χ1v) is 9.10. The molecule has 7 nitrogen and oxygen atoms in total. The Bertz CT molecular complexity index is 465. The van der Waals surface area contributed by atoms with Crippen LogP contribution in [0.3, 0.4) is 0 Å². The molecule has 3 fully saturated rings. The number of hydrogen-bond acceptors (Lipinski definition) is 4. The third-order valence-corrected chi connectivity index (χ3v) is 5.83. The molecule has 136 valence electrons. The number of fused-ring (bicyclic) bond motifs is 2. The third kappa shape index (κ3) is 3.52. The lowest BCUT2D eigenvalue weighted by molar-refractivity contribution is -0.133. The van der Waals surface area contributed by atoms with Gasteiger partial charge in [-0.2, -0.15) is 0 Å². The summed E-state index contributed by atoms with van der Waals surface area (Å²) in [6, 6.07) is 0.651. The Balaban J connectivity index is 1.45. The van der Waals surface area contributed by atoms with Gasteiger partial charge >= 0.3 is 6.03 Å². The monoisotopic (exact) mass is 339 g/mol. The molecule has 0 aromatic carbocycles. The Labute approximate surface area is 143 Å². The summed E-state index contributed by atoms with van der Waals surface area (Å²) >= 11 is 0. The standard InChI is InChI=1S/C17H29N3O4/c1-24-9-6-16(22)19-7-4-13(5-8-19)18-17(23)20-14-2-3-15(20)12(10-14)11-21/h12-15,21H,2-11H2,1H3,(H,18,23). The van der Waals surface area contributed by atoms with Crippen LogP contribution < -0.4 is 5.32 Å². The minimum absolute atomic E-state index is 0.0163. The normalized spacial score (nSPS) is 30.0. The van der Waals surface area contributed by atoms with Gasteiger partial charge in [0.15, 0.2) is 0 Å². The maximum Gasteiger partial charge on any atom is 0.318 e. The number of urea groups is 1. The van der Waals surface area contributed by atoms with Gasteiger partial charge in [0.2, 0.25) is 5.91 Å². The van der Waals surface area contributed by atoms with Crippen LogP contribution >= 0.6 is 0 Å². The highest BCUT2D eigenvalue weighted by Crippen LogP contribution is 2.41. The summed E-state index contributed by atoms with van der Waals surface area (Å²) in [4.78, 5) is 28.4. The topological polar surface area (TPSA) is 82.1 Å². The Morgan fingerprint density at radius 1 is 1.21 bits per heavy atom. The highest BCUT2D eigenvalue weighted by atomic mass is 16.5. The Morgan fingerprint density at radius 2 is 1.96 bits per heavy atom. The summed E-state index contributed by atoms with van der Waals surface area (Å²) < 4.78 is 4.95. The first-order valence-electron chi connectivity index (χ1n) is 9.10. The van der Waals surface area contributed by atoms with E-state index < -0.39 is 0 Å². The highest BCUT2D eigenvalue weighted by molar-refractivity contribution is 5.77. The average molecular weight is 339 g/mol. The lowest BCUT2D eigenvalue weighted by Crippen LogP contribution is -2.51. The van der Waals surface area contributed by atoms with Gasteiger partial charge in [-0.05, 0) is 32.1 Å². The van der Waals surface area contributed by atoms with E-state index in [0.717, 1.165) is 32.1 Å². The predicted molar refractivity (Wildman–Crippen MR) is 88.5 cm³/mol. The zero-order chi connectivity index (χ0) is 17.1. The molecular weight excluding hydrogens is 310 g/mol. The second-order valence-electron chi connectivity index (χ2n) is 7.23. The van der Waals surface area contributed by atoms with E-state index in [4.69, 9.17) is 4.74 Å². The molecule has 24 heavy (non-hydrogen) atoms. The zero-order valence-corrected chi connectivity index (χ0v) is 14.4. The van der Waals surface area contributed by atoms with Crippen molar-refractivity contribution in [2.24, 2.45) is 5.92 Å². The Kier molecular flexibility index (Phi) is 5.61. The first-order chi connectivity index (χ1) is 11.6. The minimum atomic E-state index is 0.0163. The third-order valence-electron chi connectivity index (χ3n) is 5.83. The molecule has 7 heteroatoms. The van der Waals surface area contributed by atoms with Crippen molar-refractivity contribution >= 4 is 11.9 Å². The Hall–Kier alpha value is -1.34. The number of nitrogens with one attached hydrogen (secondary N) is 1. The summed E-state index contributed by atoms with van der Waals surface area (Å²) in [6.07, 6.45) is 5.03. The van der Waals surface area contributed by atoms with E-state index in [1.807, 2.05) is 9.80 Å². The molecule has 3 amide bonds. The fourth-order valence-corrected chi connectivity index (χ4v) is 4.50. The van der Waals surface area contributed by atoms with Crippen LogP contribution in [0.2, 0.25) is 0 Å². The number of hydrogen-bond donors (Lipinski definition) is 2. The number of ether oxygens (including phenoxy) is 1. The second-order valence-corrected chi connectivity index (χ2v) is 7.23. The predicted octanol–water partition coefficient (Wildman–Crippen LogP) is 0.569. The van der Waals surface area contributed by atoms with Crippen LogP contribution in [0.15, 0.2) is 0 Å². The SMILES string of the molecule is COCCC(=O)N1CCC(NC(=O)N2C3CCC2C(CO)C3)CC1. The Morgan fingerprint density at radius 3 is 2.58 bits per heavy atom. The van der Waals surface area contributed by atoms with Crippen LogP contribution in [0.5, 0.6) is 0 Å². The van der Waals surface area contributed by atoms with Crippen molar-refractivity contribution in [3.63, 3.8) is 0 Å². The van der Waals surface area contributed by atoms with E-state index in [-0.39, 0.29) is 36.5 Å². The fraction of sp³-hybridized carbons (Fsp3) is 0.882. The molecule has 0 aromatic heterocycles. The van der Waals surface area contributed by atoms with Gasteiger partial charge in [0.25, 0.3) is 0 Å². The summed E-state index contributed by atoms with van der Waals surface area (Å²) in [5, 5.41) is 12.6. The summed E-state index contributed by atoms with van der Waals surface area (Å²) in [5.74, 6) is 0.375. The smallest absolute Gasteiger partial charge is 0.318 e. The van der Waals surface area contributed by atoms with E-state index in [0.29, 0.717) is 32.2 Å². The summed E-state index contributed by atoms with van der Waals surface area (Å²) in [5.41, 5.74) is 0. The molecule has 0 radical (unpaired) electrons. The number of amides is 3. The highest BCUT2D eigenvalue weighted by Gasteiger charge is 2.48. The number of carbonyl (C=O) groups is 2. The molecule has 0 saturated carbocycles. The zero-order valence-electron chi connectivity index (χ0n) is 14.4. The molecule has 3 atom stereocenters. The molecule has 2 bridgehead atoms. The number of aliphatic hydroxyl groups is 1.